The Labute approximate surface area is 245 Å². The van der Waals surface area contributed by atoms with Crippen LogP contribution in [0.2, 0.25) is 10.0 Å². The molecule has 0 saturated carbocycles. The Kier molecular flexibility index (Phi) is 10.1. The van der Waals surface area contributed by atoms with Gasteiger partial charge in [-0.25, -0.2) is 8.42 Å². The number of hydrogen-bond acceptors (Lipinski definition) is 5. The second kappa shape index (κ2) is 12.9. The molecule has 0 radical (unpaired) electrons. The van der Waals surface area contributed by atoms with E-state index in [0.29, 0.717) is 5.75 Å². The maximum absolute atomic E-state index is 14.0. The topological polar surface area (TPSA) is 96.0 Å². The van der Waals surface area contributed by atoms with Gasteiger partial charge in [0, 0.05) is 12.1 Å². The molecule has 40 heavy (non-hydrogen) atoms. The Morgan fingerprint density at radius 2 is 1.57 bits per heavy atom. The lowest BCUT2D eigenvalue weighted by Gasteiger charge is -2.33. The molecule has 214 valence electrons. The van der Waals surface area contributed by atoms with Crippen molar-refractivity contribution in [3.8, 4) is 5.75 Å². The fourth-order valence-corrected chi connectivity index (χ4v) is 5.80. The molecule has 0 aromatic heterocycles. The molecule has 3 aromatic carbocycles. The van der Waals surface area contributed by atoms with E-state index in [1.807, 2.05) is 20.8 Å². The molecule has 1 N–H and O–H groups in total. The van der Waals surface area contributed by atoms with Crippen molar-refractivity contribution >= 4 is 50.7 Å². The van der Waals surface area contributed by atoms with Crippen LogP contribution >= 0.6 is 23.2 Å². The molecule has 3 aromatic rings. The molecule has 0 bridgehead atoms. The summed E-state index contributed by atoms with van der Waals surface area (Å²) in [5.74, 6) is -0.355. The average molecular weight is 607 g/mol. The minimum Gasteiger partial charge on any atom is -0.497 e. The van der Waals surface area contributed by atoms with E-state index >= 15 is 0 Å². The fraction of sp³-hybridized carbons (Fsp3) is 0.310. The predicted octanol–water partition coefficient (Wildman–Crippen LogP) is 5.53. The molecule has 2 amide bonds. The van der Waals surface area contributed by atoms with Gasteiger partial charge in [0.15, 0.2) is 0 Å². The molecule has 0 fully saturated rings. The van der Waals surface area contributed by atoms with Gasteiger partial charge in [-0.1, -0.05) is 59.6 Å². The lowest BCUT2D eigenvalue weighted by Crippen LogP contribution is -2.54. The standard InChI is InChI=1S/C29H33Cl2N3O5S/c1-20(28(36)32-29(2,3)4)33(18-21-14-16-22(39-5)17-15-21)26(35)19-34(25-13-9-12-24(30)27(25)31)40(37,38)23-10-7-6-8-11-23/h6-17,20H,18-19H2,1-5H3,(H,32,36)/t20-/m0/s1. The minimum absolute atomic E-state index is 0.0169. The lowest BCUT2D eigenvalue weighted by atomic mass is 10.1. The Morgan fingerprint density at radius 3 is 2.15 bits per heavy atom. The van der Waals surface area contributed by atoms with Gasteiger partial charge in [-0.05, 0) is 69.7 Å². The average Bonchev–Trinajstić information content (AvgIpc) is 2.91. The van der Waals surface area contributed by atoms with Gasteiger partial charge in [0.2, 0.25) is 11.8 Å². The second-order valence-corrected chi connectivity index (χ2v) is 12.8. The first-order chi connectivity index (χ1) is 18.7. The van der Waals surface area contributed by atoms with Crippen LogP contribution in [0.5, 0.6) is 5.75 Å². The Balaban J connectivity index is 2.06. The molecule has 0 aliphatic carbocycles. The molecule has 0 spiro atoms. The van der Waals surface area contributed by atoms with E-state index in [9.17, 15) is 18.0 Å². The van der Waals surface area contributed by atoms with E-state index in [4.69, 9.17) is 27.9 Å². The van der Waals surface area contributed by atoms with Gasteiger partial charge >= 0.3 is 0 Å². The van der Waals surface area contributed by atoms with Crippen molar-refractivity contribution in [3.63, 3.8) is 0 Å². The number of amides is 2. The van der Waals surface area contributed by atoms with E-state index in [-0.39, 0.29) is 33.1 Å². The highest BCUT2D eigenvalue weighted by Gasteiger charge is 2.34. The van der Waals surface area contributed by atoms with Crippen LogP contribution in [0.1, 0.15) is 33.3 Å². The van der Waals surface area contributed by atoms with Crippen LogP contribution in [-0.4, -0.2) is 50.4 Å². The Bertz CT molecular complexity index is 1440. The normalized spacial score (nSPS) is 12.4. The number of carbonyl (C=O) groups is 2. The van der Waals surface area contributed by atoms with Crippen LogP contribution in [0.15, 0.2) is 77.7 Å². The molecule has 1 atom stereocenters. The summed E-state index contributed by atoms with van der Waals surface area (Å²) in [6.45, 7) is 6.53. The Hall–Kier alpha value is -3.27. The maximum Gasteiger partial charge on any atom is 0.264 e. The van der Waals surface area contributed by atoms with E-state index in [0.717, 1.165) is 9.87 Å². The number of carbonyl (C=O) groups excluding carboxylic acids is 2. The molecular formula is C29H33Cl2N3O5S. The van der Waals surface area contributed by atoms with Crippen molar-refractivity contribution in [2.75, 3.05) is 18.0 Å². The molecule has 0 unspecified atom stereocenters. The molecule has 0 heterocycles. The third-order valence-electron chi connectivity index (χ3n) is 5.99. The van der Waals surface area contributed by atoms with Gasteiger partial charge < -0.3 is 15.0 Å². The molecule has 8 nitrogen and oxygen atoms in total. The molecule has 11 heteroatoms. The van der Waals surface area contributed by atoms with Crippen LogP contribution in [0.25, 0.3) is 0 Å². The fourth-order valence-electron chi connectivity index (χ4n) is 3.90. The first-order valence-electron chi connectivity index (χ1n) is 12.5. The third kappa shape index (κ3) is 7.68. The summed E-state index contributed by atoms with van der Waals surface area (Å²) in [7, 11) is -2.70. The summed E-state index contributed by atoms with van der Waals surface area (Å²) >= 11 is 12.7. The predicted molar refractivity (Wildman–Crippen MR) is 158 cm³/mol. The van der Waals surface area contributed by atoms with Gasteiger partial charge in [0.25, 0.3) is 10.0 Å². The van der Waals surface area contributed by atoms with Gasteiger partial charge in [-0.3, -0.25) is 13.9 Å². The zero-order chi connectivity index (χ0) is 29.7. The van der Waals surface area contributed by atoms with E-state index in [1.54, 1.807) is 62.6 Å². The van der Waals surface area contributed by atoms with E-state index < -0.39 is 34.1 Å². The van der Waals surface area contributed by atoms with Crippen molar-refractivity contribution in [1.29, 1.82) is 0 Å². The van der Waals surface area contributed by atoms with Crippen molar-refractivity contribution in [3.05, 3.63) is 88.4 Å². The van der Waals surface area contributed by atoms with E-state index in [1.165, 1.54) is 29.2 Å². The second-order valence-electron chi connectivity index (χ2n) is 10.2. The molecule has 0 saturated heterocycles. The number of sulfonamides is 1. The van der Waals surface area contributed by atoms with Crippen molar-refractivity contribution in [2.45, 2.75) is 50.7 Å². The van der Waals surface area contributed by atoms with E-state index in [2.05, 4.69) is 5.32 Å². The lowest BCUT2D eigenvalue weighted by molar-refractivity contribution is -0.140. The van der Waals surface area contributed by atoms with Crippen LogP contribution in [-0.2, 0) is 26.2 Å². The summed E-state index contributed by atoms with van der Waals surface area (Å²) in [5, 5.41) is 3.01. The number of rotatable bonds is 10. The van der Waals surface area contributed by atoms with Crippen LogP contribution in [0, 0.1) is 0 Å². The highest BCUT2D eigenvalue weighted by Crippen LogP contribution is 2.35. The monoisotopic (exact) mass is 605 g/mol. The number of halogens is 2. The number of hydrogen-bond donors (Lipinski definition) is 1. The first-order valence-corrected chi connectivity index (χ1v) is 14.7. The number of nitrogens with zero attached hydrogens (tertiary/aromatic N) is 2. The summed E-state index contributed by atoms with van der Waals surface area (Å²) in [6.07, 6.45) is 0. The quantitative estimate of drug-likeness (QED) is 0.328. The minimum atomic E-state index is -4.25. The van der Waals surface area contributed by atoms with Gasteiger partial charge in [0.1, 0.15) is 18.3 Å². The first kappa shape index (κ1) is 31.3. The van der Waals surface area contributed by atoms with Gasteiger partial charge in [0.05, 0.1) is 27.7 Å². The summed E-state index contributed by atoms with van der Waals surface area (Å²) in [5.41, 5.74) is 0.224. The molecular weight excluding hydrogens is 573 g/mol. The van der Waals surface area contributed by atoms with Crippen LogP contribution in [0.3, 0.4) is 0 Å². The molecule has 0 aliphatic rings. The summed E-state index contributed by atoms with van der Waals surface area (Å²) in [4.78, 5) is 28.5. The van der Waals surface area contributed by atoms with Crippen LogP contribution < -0.4 is 14.4 Å². The zero-order valence-corrected chi connectivity index (χ0v) is 25.3. The third-order valence-corrected chi connectivity index (χ3v) is 8.57. The number of nitrogens with one attached hydrogen (secondary N) is 1. The highest BCUT2D eigenvalue weighted by atomic mass is 35.5. The Morgan fingerprint density at radius 1 is 0.950 bits per heavy atom. The number of anilines is 1. The number of methoxy groups -OCH3 is 1. The number of benzene rings is 3. The largest absolute Gasteiger partial charge is 0.497 e. The van der Waals surface area contributed by atoms with Crippen molar-refractivity contribution < 1.29 is 22.7 Å². The van der Waals surface area contributed by atoms with Crippen molar-refractivity contribution in [2.24, 2.45) is 0 Å². The SMILES string of the molecule is COc1ccc(CN(C(=O)CN(c2cccc(Cl)c2Cl)S(=O)(=O)c2ccccc2)[C@@H](C)C(=O)NC(C)(C)C)cc1. The van der Waals surface area contributed by atoms with Crippen LogP contribution in [0.4, 0.5) is 5.69 Å². The van der Waals surface area contributed by atoms with Gasteiger partial charge in [-0.15, -0.1) is 0 Å². The molecule has 3 rings (SSSR count). The summed E-state index contributed by atoms with van der Waals surface area (Å²) in [6, 6.07) is 18.4. The maximum atomic E-state index is 14.0. The van der Waals surface area contributed by atoms with Crippen molar-refractivity contribution in [1.82, 2.24) is 10.2 Å². The van der Waals surface area contributed by atoms with Gasteiger partial charge in [-0.2, -0.15) is 0 Å². The zero-order valence-electron chi connectivity index (χ0n) is 23.0. The summed E-state index contributed by atoms with van der Waals surface area (Å²) < 4.78 is 33.8. The number of ether oxygens (including phenoxy) is 1. The molecule has 0 aliphatic heterocycles. The smallest absolute Gasteiger partial charge is 0.264 e. The highest BCUT2D eigenvalue weighted by molar-refractivity contribution is 7.92.